The number of halogens is 2. The summed E-state index contributed by atoms with van der Waals surface area (Å²) in [5.41, 5.74) is 3.65. The first kappa shape index (κ1) is 18.0. The number of rotatable bonds is 5. The number of hydrogen-bond donors (Lipinski definition) is 2. The molecule has 0 spiro atoms. The Hall–Kier alpha value is -1.30. The van der Waals surface area contributed by atoms with Crippen LogP contribution in [0.1, 0.15) is 30.3 Å². The van der Waals surface area contributed by atoms with Crippen molar-refractivity contribution in [1.82, 2.24) is 15.1 Å². The normalized spacial score (nSPS) is 10.7. The van der Waals surface area contributed by atoms with Crippen molar-refractivity contribution in [1.29, 1.82) is 0 Å². The number of hydrogen-bond acceptors (Lipinski definition) is 2. The summed E-state index contributed by atoms with van der Waals surface area (Å²) in [7, 11) is 0. The van der Waals surface area contributed by atoms with Crippen LogP contribution in [0, 0.1) is 13.8 Å². The van der Waals surface area contributed by atoms with Crippen molar-refractivity contribution in [2.75, 3.05) is 11.9 Å². The molecule has 23 heavy (non-hydrogen) atoms. The first-order valence-electron chi connectivity index (χ1n) is 7.45. The summed E-state index contributed by atoms with van der Waals surface area (Å²) in [5.74, 6) is 0. The molecule has 0 radical (unpaired) electrons. The fourth-order valence-corrected chi connectivity index (χ4v) is 2.98. The lowest BCUT2D eigenvalue weighted by atomic mass is 10.2. The largest absolute Gasteiger partial charge is 0.362 e. The Kier molecular flexibility index (Phi) is 6.27. The summed E-state index contributed by atoms with van der Waals surface area (Å²) in [5, 5.41) is 12.8. The number of nitrogens with one attached hydrogen (secondary N) is 2. The zero-order valence-corrected chi connectivity index (χ0v) is 15.7. The highest BCUT2D eigenvalue weighted by molar-refractivity contribution is 7.80. The highest BCUT2D eigenvalue weighted by Gasteiger charge is 2.15. The van der Waals surface area contributed by atoms with Gasteiger partial charge in [0.05, 0.1) is 23.6 Å². The number of aromatic nitrogens is 2. The maximum atomic E-state index is 6.25. The summed E-state index contributed by atoms with van der Waals surface area (Å²) in [6.45, 7) is 7.39. The molecule has 0 aliphatic rings. The van der Waals surface area contributed by atoms with Gasteiger partial charge in [0.25, 0.3) is 0 Å². The highest BCUT2D eigenvalue weighted by Crippen LogP contribution is 2.27. The first-order chi connectivity index (χ1) is 10.9. The van der Waals surface area contributed by atoms with Crippen LogP contribution < -0.4 is 10.6 Å². The molecular weight excluding hydrogens is 351 g/mol. The van der Waals surface area contributed by atoms with Crippen molar-refractivity contribution in [2.45, 2.75) is 33.7 Å². The van der Waals surface area contributed by atoms with Crippen LogP contribution in [0.3, 0.4) is 0 Å². The van der Waals surface area contributed by atoms with Crippen LogP contribution in [0.4, 0.5) is 5.69 Å². The van der Waals surface area contributed by atoms with Gasteiger partial charge in [-0.3, -0.25) is 4.68 Å². The molecule has 1 heterocycles. The van der Waals surface area contributed by atoms with Crippen LogP contribution >= 0.6 is 35.4 Å². The molecule has 0 saturated heterocycles. The Morgan fingerprint density at radius 3 is 2.52 bits per heavy atom. The lowest BCUT2D eigenvalue weighted by molar-refractivity contribution is 0.659. The molecule has 1 aromatic carbocycles. The van der Waals surface area contributed by atoms with E-state index in [2.05, 4.69) is 22.7 Å². The minimum absolute atomic E-state index is 0.516. The van der Waals surface area contributed by atoms with Crippen molar-refractivity contribution < 1.29 is 0 Å². The summed E-state index contributed by atoms with van der Waals surface area (Å²) in [4.78, 5) is 0. The first-order valence-corrected chi connectivity index (χ1v) is 8.62. The molecule has 0 aliphatic heterocycles. The lowest BCUT2D eigenvalue weighted by Crippen LogP contribution is -2.29. The molecule has 4 nitrogen and oxygen atoms in total. The minimum Gasteiger partial charge on any atom is -0.362 e. The SMILES string of the molecule is CCCNC(=S)Nc1c(C)nn(Cc2c(Cl)cccc2Cl)c1C. The molecule has 0 atom stereocenters. The Morgan fingerprint density at radius 2 is 1.91 bits per heavy atom. The Bertz CT molecular complexity index is 692. The van der Waals surface area contributed by atoms with Crippen LogP contribution in [-0.2, 0) is 6.54 Å². The van der Waals surface area contributed by atoms with Crippen LogP contribution in [0.2, 0.25) is 10.0 Å². The van der Waals surface area contributed by atoms with Gasteiger partial charge in [-0.15, -0.1) is 0 Å². The van der Waals surface area contributed by atoms with E-state index in [1.54, 1.807) is 0 Å². The number of thiocarbonyl (C=S) groups is 1. The van der Waals surface area contributed by atoms with Crippen molar-refractivity contribution in [3.8, 4) is 0 Å². The molecule has 0 bridgehead atoms. The number of aryl methyl sites for hydroxylation is 1. The third-order valence-electron chi connectivity index (χ3n) is 3.53. The van der Waals surface area contributed by atoms with E-state index in [9.17, 15) is 0 Å². The smallest absolute Gasteiger partial charge is 0.170 e. The summed E-state index contributed by atoms with van der Waals surface area (Å²) >= 11 is 17.8. The Balaban J connectivity index is 2.22. The lowest BCUT2D eigenvalue weighted by Gasteiger charge is -2.11. The molecule has 0 fully saturated rings. The van der Waals surface area contributed by atoms with Crippen molar-refractivity contribution in [3.63, 3.8) is 0 Å². The van der Waals surface area contributed by atoms with Crippen molar-refractivity contribution >= 4 is 46.2 Å². The average Bonchev–Trinajstić information content (AvgIpc) is 2.76. The van der Waals surface area contributed by atoms with E-state index in [0.717, 1.165) is 35.6 Å². The Labute approximate surface area is 152 Å². The van der Waals surface area contributed by atoms with Crippen LogP contribution in [0.25, 0.3) is 0 Å². The van der Waals surface area contributed by atoms with Crippen LogP contribution in [-0.4, -0.2) is 21.4 Å². The zero-order valence-electron chi connectivity index (χ0n) is 13.4. The van der Waals surface area contributed by atoms with E-state index in [1.807, 2.05) is 36.7 Å². The molecule has 0 aliphatic carbocycles. The number of anilines is 1. The maximum absolute atomic E-state index is 6.25. The third kappa shape index (κ3) is 4.37. The molecule has 7 heteroatoms. The van der Waals surface area contributed by atoms with Gasteiger partial charge in [-0.1, -0.05) is 36.2 Å². The molecule has 0 saturated carbocycles. The van der Waals surface area contributed by atoms with Crippen molar-refractivity contribution in [2.24, 2.45) is 0 Å². The summed E-state index contributed by atoms with van der Waals surface area (Å²) < 4.78 is 1.88. The fraction of sp³-hybridized carbons (Fsp3) is 0.375. The maximum Gasteiger partial charge on any atom is 0.170 e. The van der Waals surface area contributed by atoms with E-state index < -0.39 is 0 Å². The van der Waals surface area contributed by atoms with Gasteiger partial charge < -0.3 is 10.6 Å². The van der Waals surface area contributed by atoms with E-state index in [-0.39, 0.29) is 0 Å². The van der Waals surface area contributed by atoms with E-state index in [4.69, 9.17) is 35.4 Å². The van der Waals surface area contributed by atoms with Gasteiger partial charge in [0.15, 0.2) is 5.11 Å². The van der Waals surface area contributed by atoms with Crippen LogP contribution in [0.15, 0.2) is 18.2 Å². The molecule has 0 amide bonds. The summed E-state index contributed by atoms with van der Waals surface area (Å²) in [6.07, 6.45) is 1.02. The zero-order chi connectivity index (χ0) is 17.0. The quantitative estimate of drug-likeness (QED) is 0.757. The van der Waals surface area contributed by atoms with E-state index in [0.29, 0.717) is 21.7 Å². The van der Waals surface area contributed by atoms with Gasteiger partial charge in [-0.25, -0.2) is 0 Å². The van der Waals surface area contributed by atoms with E-state index >= 15 is 0 Å². The molecule has 124 valence electrons. The molecule has 2 rings (SSSR count). The predicted octanol–water partition coefficient (Wildman–Crippen LogP) is 4.55. The van der Waals surface area contributed by atoms with Gasteiger partial charge in [0.1, 0.15) is 0 Å². The van der Waals surface area contributed by atoms with Gasteiger partial charge in [-0.2, -0.15) is 5.10 Å². The summed E-state index contributed by atoms with van der Waals surface area (Å²) in [6, 6.07) is 5.50. The number of nitrogens with zero attached hydrogens (tertiary/aromatic N) is 2. The molecular formula is C16H20Cl2N4S. The second kappa shape index (κ2) is 7.99. The number of benzene rings is 1. The fourth-order valence-electron chi connectivity index (χ4n) is 2.26. The third-order valence-corrected chi connectivity index (χ3v) is 4.48. The van der Waals surface area contributed by atoms with Crippen molar-refractivity contribution in [3.05, 3.63) is 45.2 Å². The minimum atomic E-state index is 0.516. The second-order valence-electron chi connectivity index (χ2n) is 5.28. The topological polar surface area (TPSA) is 41.9 Å². The standard InChI is InChI=1S/C16H20Cl2N4S/c1-4-8-19-16(23)20-15-10(2)21-22(11(15)3)9-12-13(17)6-5-7-14(12)18/h5-7H,4,8-9H2,1-3H3,(H2,19,20,23). The predicted molar refractivity (Wildman–Crippen MR) is 102 cm³/mol. The second-order valence-corrected chi connectivity index (χ2v) is 6.51. The molecule has 1 aromatic heterocycles. The van der Waals surface area contributed by atoms with Gasteiger partial charge >= 0.3 is 0 Å². The van der Waals surface area contributed by atoms with E-state index in [1.165, 1.54) is 0 Å². The van der Waals surface area contributed by atoms with Gasteiger partial charge in [0, 0.05) is 22.2 Å². The van der Waals surface area contributed by atoms with Gasteiger partial charge in [0.2, 0.25) is 0 Å². The van der Waals surface area contributed by atoms with Crippen LogP contribution in [0.5, 0.6) is 0 Å². The molecule has 0 unspecified atom stereocenters. The average molecular weight is 371 g/mol. The monoisotopic (exact) mass is 370 g/mol. The highest BCUT2D eigenvalue weighted by atomic mass is 35.5. The Morgan fingerprint density at radius 1 is 1.26 bits per heavy atom. The molecule has 2 aromatic rings. The molecule has 2 N–H and O–H groups in total. The van der Waals surface area contributed by atoms with Gasteiger partial charge in [-0.05, 0) is 44.6 Å².